The molecule has 1 aliphatic rings. The van der Waals surface area contributed by atoms with E-state index in [-0.39, 0.29) is 11.2 Å². The second-order valence-corrected chi connectivity index (χ2v) is 3.97. The van der Waals surface area contributed by atoms with Gasteiger partial charge in [0.25, 0.3) is 0 Å². The first kappa shape index (κ1) is 13.5. The van der Waals surface area contributed by atoms with E-state index in [2.05, 4.69) is 11.3 Å². The maximum absolute atomic E-state index is 5.21. The lowest BCUT2D eigenvalue weighted by molar-refractivity contribution is 0.00578. The van der Waals surface area contributed by atoms with E-state index in [1.165, 1.54) is 13.9 Å². The number of rotatable bonds is 2. The molecule has 1 radical (unpaired) electrons. The van der Waals surface area contributed by atoms with Crippen LogP contribution in [0.5, 0.6) is 0 Å². The number of hydrogen-bond donors (Lipinski definition) is 0. The van der Waals surface area contributed by atoms with Crippen molar-refractivity contribution < 1.29 is 14.0 Å². The van der Waals surface area contributed by atoms with Crippen molar-refractivity contribution in [3.05, 3.63) is 12.8 Å². The molecule has 4 heteroatoms. The highest BCUT2D eigenvalue weighted by molar-refractivity contribution is 6.19. The van der Waals surface area contributed by atoms with Gasteiger partial charge in [-0.3, -0.25) is 0 Å². The SMILES string of the molecule is C=COCC.CC1(C)O[B]OC1(C)C. The van der Waals surface area contributed by atoms with Gasteiger partial charge >= 0.3 is 7.69 Å². The van der Waals surface area contributed by atoms with Gasteiger partial charge in [-0.05, 0) is 34.6 Å². The summed E-state index contributed by atoms with van der Waals surface area (Å²) in [5.74, 6) is 0. The van der Waals surface area contributed by atoms with Crippen molar-refractivity contribution in [2.24, 2.45) is 0 Å². The second kappa shape index (κ2) is 5.42. The summed E-state index contributed by atoms with van der Waals surface area (Å²) in [6, 6.07) is 0. The summed E-state index contributed by atoms with van der Waals surface area (Å²) in [5.41, 5.74) is -0.375. The van der Waals surface area contributed by atoms with Gasteiger partial charge in [-0.2, -0.15) is 0 Å². The molecule has 0 aromatic heterocycles. The lowest BCUT2D eigenvalue weighted by atomic mass is 9.90. The minimum atomic E-state index is -0.188. The molecule has 0 saturated carbocycles. The van der Waals surface area contributed by atoms with Gasteiger partial charge in [0.05, 0.1) is 24.1 Å². The molecule has 0 amide bonds. The summed E-state index contributed by atoms with van der Waals surface area (Å²) < 4.78 is 15.0. The van der Waals surface area contributed by atoms with Crippen molar-refractivity contribution in [1.29, 1.82) is 0 Å². The van der Waals surface area contributed by atoms with Crippen LogP contribution in [0.1, 0.15) is 34.6 Å². The third-order valence-corrected chi connectivity index (χ3v) is 2.42. The average molecular weight is 199 g/mol. The predicted molar refractivity (Wildman–Crippen MR) is 57.9 cm³/mol. The highest BCUT2D eigenvalue weighted by Gasteiger charge is 2.44. The van der Waals surface area contributed by atoms with Crippen LogP contribution in [-0.4, -0.2) is 25.5 Å². The van der Waals surface area contributed by atoms with Gasteiger partial charge in [0.1, 0.15) is 0 Å². The molecule has 1 saturated heterocycles. The molecule has 14 heavy (non-hydrogen) atoms. The molecule has 1 rings (SSSR count). The molecule has 0 atom stereocenters. The van der Waals surface area contributed by atoms with Crippen molar-refractivity contribution in [2.45, 2.75) is 45.8 Å². The van der Waals surface area contributed by atoms with Crippen LogP contribution in [0.2, 0.25) is 0 Å². The molecule has 1 aliphatic heterocycles. The fourth-order valence-electron chi connectivity index (χ4n) is 0.666. The Bertz CT molecular complexity index is 164. The predicted octanol–water partition coefficient (Wildman–Crippen LogP) is 2.29. The van der Waals surface area contributed by atoms with Crippen LogP contribution in [0.25, 0.3) is 0 Å². The molecule has 1 heterocycles. The molecular weight excluding hydrogens is 179 g/mol. The minimum absolute atomic E-state index is 0.187. The Kier molecular flexibility index (Phi) is 5.23. The summed E-state index contributed by atoms with van der Waals surface area (Å²) in [7, 11) is 1.42. The summed E-state index contributed by atoms with van der Waals surface area (Å²) in [5, 5.41) is 0. The van der Waals surface area contributed by atoms with Gasteiger partial charge in [0, 0.05) is 0 Å². The van der Waals surface area contributed by atoms with Gasteiger partial charge < -0.3 is 14.0 Å². The molecular formula is C10H20BO3. The van der Waals surface area contributed by atoms with Crippen molar-refractivity contribution in [3.8, 4) is 0 Å². The van der Waals surface area contributed by atoms with E-state index in [1.54, 1.807) is 0 Å². The van der Waals surface area contributed by atoms with E-state index in [0.717, 1.165) is 6.61 Å². The third-order valence-electron chi connectivity index (χ3n) is 2.42. The Morgan fingerprint density at radius 2 is 1.64 bits per heavy atom. The van der Waals surface area contributed by atoms with E-state index in [0.29, 0.717) is 0 Å². The van der Waals surface area contributed by atoms with Crippen molar-refractivity contribution in [1.82, 2.24) is 0 Å². The third kappa shape index (κ3) is 3.72. The van der Waals surface area contributed by atoms with E-state index >= 15 is 0 Å². The van der Waals surface area contributed by atoms with Crippen LogP contribution in [0.3, 0.4) is 0 Å². The molecule has 0 bridgehead atoms. The molecule has 1 fully saturated rings. The smallest absolute Gasteiger partial charge is 0.488 e. The zero-order valence-corrected chi connectivity index (χ0v) is 9.79. The average Bonchev–Trinajstić information content (AvgIpc) is 2.27. The van der Waals surface area contributed by atoms with Crippen LogP contribution in [0.15, 0.2) is 12.8 Å². The number of hydrogen-bond acceptors (Lipinski definition) is 3. The zero-order chi connectivity index (χ0) is 11.2. The lowest BCUT2D eigenvalue weighted by Crippen LogP contribution is -2.41. The normalized spacial score (nSPS) is 21.5. The lowest BCUT2D eigenvalue weighted by Gasteiger charge is -2.32. The van der Waals surface area contributed by atoms with Crippen molar-refractivity contribution >= 4 is 7.69 Å². The molecule has 0 aromatic carbocycles. The van der Waals surface area contributed by atoms with E-state index < -0.39 is 0 Å². The van der Waals surface area contributed by atoms with Gasteiger partial charge in [0.2, 0.25) is 0 Å². The van der Waals surface area contributed by atoms with Gasteiger partial charge in [0.15, 0.2) is 0 Å². The van der Waals surface area contributed by atoms with E-state index in [4.69, 9.17) is 9.31 Å². The molecule has 0 aliphatic carbocycles. The van der Waals surface area contributed by atoms with Gasteiger partial charge in [-0.25, -0.2) is 0 Å². The van der Waals surface area contributed by atoms with Crippen LogP contribution in [0.4, 0.5) is 0 Å². The monoisotopic (exact) mass is 199 g/mol. The van der Waals surface area contributed by atoms with E-state index in [9.17, 15) is 0 Å². The van der Waals surface area contributed by atoms with Crippen LogP contribution in [-0.2, 0) is 14.0 Å². The van der Waals surface area contributed by atoms with Crippen molar-refractivity contribution in [3.63, 3.8) is 0 Å². The van der Waals surface area contributed by atoms with Crippen molar-refractivity contribution in [2.75, 3.05) is 6.61 Å². The van der Waals surface area contributed by atoms with E-state index in [1.807, 2.05) is 34.6 Å². The topological polar surface area (TPSA) is 27.7 Å². The Balaban J connectivity index is 0.000000292. The Labute approximate surface area is 87.7 Å². The Morgan fingerprint density at radius 1 is 1.21 bits per heavy atom. The molecule has 0 N–H and O–H groups in total. The molecule has 81 valence electrons. The molecule has 0 aromatic rings. The number of ether oxygens (including phenoxy) is 1. The minimum Gasteiger partial charge on any atom is -0.502 e. The first-order valence-electron chi connectivity index (χ1n) is 4.77. The first-order valence-corrected chi connectivity index (χ1v) is 4.77. The zero-order valence-electron chi connectivity index (χ0n) is 9.79. The molecule has 0 spiro atoms. The highest BCUT2D eigenvalue weighted by Crippen LogP contribution is 2.33. The van der Waals surface area contributed by atoms with Gasteiger partial charge in [-0.1, -0.05) is 6.58 Å². The first-order chi connectivity index (χ1) is 6.37. The van der Waals surface area contributed by atoms with Crippen LogP contribution in [0, 0.1) is 0 Å². The summed E-state index contributed by atoms with van der Waals surface area (Å²) in [6.45, 7) is 14.0. The second-order valence-electron chi connectivity index (χ2n) is 3.97. The van der Waals surface area contributed by atoms with Crippen LogP contribution < -0.4 is 0 Å². The summed E-state index contributed by atoms with van der Waals surface area (Å²) >= 11 is 0. The molecule has 0 unspecified atom stereocenters. The van der Waals surface area contributed by atoms with Crippen LogP contribution >= 0.6 is 0 Å². The largest absolute Gasteiger partial charge is 0.502 e. The highest BCUT2D eigenvalue weighted by atomic mass is 16.7. The fraction of sp³-hybridized carbons (Fsp3) is 0.800. The Morgan fingerprint density at radius 3 is 1.71 bits per heavy atom. The van der Waals surface area contributed by atoms with Gasteiger partial charge in [-0.15, -0.1) is 0 Å². The maximum atomic E-state index is 5.21. The summed E-state index contributed by atoms with van der Waals surface area (Å²) in [4.78, 5) is 0. The molecule has 3 nitrogen and oxygen atoms in total. The fourth-order valence-corrected chi connectivity index (χ4v) is 0.666. The summed E-state index contributed by atoms with van der Waals surface area (Å²) in [6.07, 6.45) is 1.43. The quantitative estimate of drug-likeness (QED) is 0.504. The Hall–Kier alpha value is -0.475. The maximum Gasteiger partial charge on any atom is 0.488 e. The standard InChI is InChI=1S/C6H12BO2.C4H8O/c1-5(2)6(3,4)9-7-8-5;1-3-5-4-2/h1-4H3;3H,1,4H2,2H3.